The van der Waals surface area contributed by atoms with Crippen LogP contribution in [0.2, 0.25) is 0 Å². The summed E-state index contributed by atoms with van der Waals surface area (Å²) in [5, 5.41) is 2.53. The Morgan fingerprint density at radius 3 is 2.38 bits per heavy atom. The van der Waals surface area contributed by atoms with E-state index >= 15 is 0 Å². The summed E-state index contributed by atoms with van der Waals surface area (Å²) in [7, 11) is 0. The molecule has 0 unspecified atom stereocenters. The normalized spacial score (nSPS) is 14.7. The molecule has 0 amide bonds. The summed E-state index contributed by atoms with van der Waals surface area (Å²) in [5.41, 5.74) is 7.97. The van der Waals surface area contributed by atoms with E-state index in [4.69, 9.17) is 0 Å². The van der Waals surface area contributed by atoms with E-state index in [0.717, 1.165) is 35.4 Å². The van der Waals surface area contributed by atoms with E-state index in [1.807, 2.05) is 11.3 Å². The Morgan fingerprint density at radius 1 is 0.825 bits per heavy atom. The van der Waals surface area contributed by atoms with Crippen LogP contribution in [0, 0.1) is 0 Å². The highest BCUT2D eigenvalue weighted by molar-refractivity contribution is 7.27. The van der Waals surface area contributed by atoms with Gasteiger partial charge in [0.25, 0.3) is 0 Å². The van der Waals surface area contributed by atoms with Crippen molar-refractivity contribution in [1.82, 2.24) is 0 Å². The van der Waals surface area contributed by atoms with E-state index < -0.39 is 0 Å². The van der Waals surface area contributed by atoms with Gasteiger partial charge in [-0.1, -0.05) is 91.0 Å². The average Bonchev–Trinajstić information content (AvgIpc) is 3.36. The molecule has 0 N–H and O–H groups in total. The van der Waals surface area contributed by atoms with Gasteiger partial charge in [-0.2, -0.15) is 0 Å². The fourth-order valence-electron chi connectivity index (χ4n) is 5.22. The Morgan fingerprint density at radius 2 is 1.55 bits per heavy atom. The third-order valence-electron chi connectivity index (χ3n) is 7.18. The standard InChI is InChI=1S/C37H32N2S/c1-27(2)15-9-11-25-38(29-17-5-4-6-18-29)34-23-13-20-31-32-21-14-24-35(37(32)40-36(31)34)39-26-12-10-16-28(3)30-19-7-8-22-33(30)39/h4-8,10-14,16-26H,1,3,9,15H2,2H3/b16-10-,25-11-,26-12-. The van der Waals surface area contributed by atoms with Crippen LogP contribution < -0.4 is 9.80 Å². The molecule has 1 aliphatic heterocycles. The minimum atomic E-state index is 0.964. The molecule has 0 saturated carbocycles. The van der Waals surface area contributed by atoms with Crippen LogP contribution in [0.25, 0.3) is 25.7 Å². The zero-order chi connectivity index (χ0) is 27.5. The molecular formula is C37H32N2S. The Kier molecular flexibility index (Phi) is 7.22. The second-order valence-electron chi connectivity index (χ2n) is 10.1. The number of allylic oxidation sites excluding steroid dienone is 6. The van der Waals surface area contributed by atoms with Gasteiger partial charge in [-0.05, 0) is 61.7 Å². The minimum absolute atomic E-state index is 0.964. The highest BCUT2D eigenvalue weighted by atomic mass is 32.1. The van der Waals surface area contributed by atoms with E-state index in [-0.39, 0.29) is 0 Å². The molecule has 1 aromatic heterocycles. The number of benzene rings is 4. The zero-order valence-corrected chi connectivity index (χ0v) is 23.6. The van der Waals surface area contributed by atoms with E-state index in [2.05, 4.69) is 158 Å². The van der Waals surface area contributed by atoms with Crippen molar-refractivity contribution in [3.05, 3.63) is 152 Å². The molecule has 0 radical (unpaired) electrons. The third-order valence-corrected chi connectivity index (χ3v) is 8.45. The Balaban J connectivity index is 1.53. The Bertz CT molecular complexity index is 1800. The molecule has 0 fully saturated rings. The lowest BCUT2D eigenvalue weighted by Gasteiger charge is -2.25. The maximum Gasteiger partial charge on any atom is 0.0634 e. The predicted octanol–water partition coefficient (Wildman–Crippen LogP) is 11.3. The maximum atomic E-state index is 4.32. The summed E-state index contributed by atoms with van der Waals surface area (Å²) in [6, 6.07) is 32.4. The number of para-hydroxylation sites is 2. The van der Waals surface area contributed by atoms with Crippen molar-refractivity contribution in [1.29, 1.82) is 0 Å². The molecule has 3 heteroatoms. The molecule has 196 valence electrons. The number of thiophene rings is 1. The topological polar surface area (TPSA) is 6.48 Å². The van der Waals surface area contributed by atoms with Crippen molar-refractivity contribution >= 4 is 59.8 Å². The summed E-state index contributed by atoms with van der Waals surface area (Å²) >= 11 is 1.86. The van der Waals surface area contributed by atoms with Gasteiger partial charge in [0.1, 0.15) is 0 Å². The fourth-order valence-corrected chi connectivity index (χ4v) is 6.54. The van der Waals surface area contributed by atoms with Gasteiger partial charge in [-0.25, -0.2) is 0 Å². The fraction of sp³-hybridized carbons (Fsp3) is 0.0811. The van der Waals surface area contributed by atoms with Crippen molar-refractivity contribution in [2.24, 2.45) is 0 Å². The van der Waals surface area contributed by atoms with Crippen LogP contribution in [0.15, 0.2) is 146 Å². The molecule has 1 aliphatic rings. The lowest BCUT2D eigenvalue weighted by molar-refractivity contribution is 0.979. The smallest absolute Gasteiger partial charge is 0.0634 e. The summed E-state index contributed by atoms with van der Waals surface area (Å²) in [6.45, 7) is 10.5. The number of hydrogen-bond donors (Lipinski definition) is 0. The molecule has 40 heavy (non-hydrogen) atoms. The summed E-state index contributed by atoms with van der Waals surface area (Å²) in [6.07, 6.45) is 14.8. The second kappa shape index (κ2) is 11.3. The summed E-state index contributed by atoms with van der Waals surface area (Å²) < 4.78 is 2.53. The van der Waals surface area contributed by atoms with Crippen LogP contribution in [0.4, 0.5) is 22.7 Å². The lowest BCUT2D eigenvalue weighted by Crippen LogP contribution is -2.11. The van der Waals surface area contributed by atoms with Gasteiger partial charge >= 0.3 is 0 Å². The van der Waals surface area contributed by atoms with Crippen molar-refractivity contribution in [3.63, 3.8) is 0 Å². The van der Waals surface area contributed by atoms with Crippen molar-refractivity contribution in [2.75, 3.05) is 9.80 Å². The van der Waals surface area contributed by atoms with Gasteiger partial charge in [-0.15, -0.1) is 17.9 Å². The Labute approximate surface area is 240 Å². The molecule has 2 heterocycles. The van der Waals surface area contributed by atoms with E-state index in [0.29, 0.717) is 0 Å². The number of fused-ring (bicyclic) bond motifs is 4. The molecular weight excluding hydrogens is 504 g/mol. The van der Waals surface area contributed by atoms with Gasteiger partial charge in [0.15, 0.2) is 0 Å². The molecule has 5 aromatic rings. The highest BCUT2D eigenvalue weighted by Gasteiger charge is 2.20. The number of hydrogen-bond acceptors (Lipinski definition) is 3. The molecule has 0 saturated heterocycles. The van der Waals surface area contributed by atoms with Crippen LogP contribution in [0.1, 0.15) is 25.3 Å². The number of anilines is 4. The molecule has 4 aromatic carbocycles. The average molecular weight is 537 g/mol. The van der Waals surface area contributed by atoms with Crippen LogP contribution in [0.3, 0.4) is 0 Å². The Hall–Kier alpha value is -4.60. The first kappa shape index (κ1) is 25.7. The minimum Gasteiger partial charge on any atom is -0.316 e. The molecule has 0 spiro atoms. The first-order valence-electron chi connectivity index (χ1n) is 13.6. The lowest BCUT2D eigenvalue weighted by atomic mass is 10.0. The van der Waals surface area contributed by atoms with Gasteiger partial charge in [0.2, 0.25) is 0 Å². The summed E-state index contributed by atoms with van der Waals surface area (Å²) in [5.74, 6) is 0. The van der Waals surface area contributed by atoms with E-state index in [9.17, 15) is 0 Å². The van der Waals surface area contributed by atoms with Gasteiger partial charge < -0.3 is 9.80 Å². The van der Waals surface area contributed by atoms with Crippen LogP contribution in [-0.2, 0) is 0 Å². The maximum absolute atomic E-state index is 4.32. The zero-order valence-electron chi connectivity index (χ0n) is 22.8. The van der Waals surface area contributed by atoms with Crippen LogP contribution in [0.5, 0.6) is 0 Å². The molecule has 0 bridgehead atoms. The first-order chi connectivity index (χ1) is 19.6. The third kappa shape index (κ3) is 4.92. The molecule has 6 rings (SSSR count). The van der Waals surface area contributed by atoms with Crippen LogP contribution >= 0.6 is 11.3 Å². The van der Waals surface area contributed by atoms with Gasteiger partial charge in [0.05, 0.1) is 26.5 Å². The predicted molar refractivity (Wildman–Crippen MR) is 177 cm³/mol. The van der Waals surface area contributed by atoms with Gasteiger partial charge in [0, 0.05) is 34.4 Å². The summed E-state index contributed by atoms with van der Waals surface area (Å²) in [4.78, 5) is 4.61. The van der Waals surface area contributed by atoms with Crippen LogP contribution in [-0.4, -0.2) is 0 Å². The monoisotopic (exact) mass is 536 g/mol. The number of nitrogens with zero attached hydrogens (tertiary/aromatic N) is 2. The van der Waals surface area contributed by atoms with Gasteiger partial charge in [-0.3, -0.25) is 0 Å². The van der Waals surface area contributed by atoms with Crippen molar-refractivity contribution in [3.8, 4) is 0 Å². The molecule has 0 atom stereocenters. The second-order valence-corrected chi connectivity index (χ2v) is 11.1. The largest absolute Gasteiger partial charge is 0.316 e. The van der Waals surface area contributed by atoms with E-state index in [1.54, 1.807) is 0 Å². The molecule has 0 aliphatic carbocycles. The highest BCUT2D eigenvalue weighted by Crippen LogP contribution is 2.47. The van der Waals surface area contributed by atoms with Crippen molar-refractivity contribution in [2.45, 2.75) is 19.8 Å². The quantitative estimate of drug-likeness (QED) is 0.191. The van der Waals surface area contributed by atoms with Crippen molar-refractivity contribution < 1.29 is 0 Å². The molecule has 2 nitrogen and oxygen atoms in total. The van der Waals surface area contributed by atoms with E-state index in [1.165, 1.54) is 37.1 Å². The first-order valence-corrected chi connectivity index (χ1v) is 14.5. The number of rotatable bonds is 7. The SMILES string of the molecule is C=C(C)CC/C=C\N(c1ccccc1)c1cccc2c1sc1c(N3/C=C\C=C/C(=C)c4ccccc43)cccc12.